The second-order valence-electron chi connectivity index (χ2n) is 4.74. The SMILES string of the molecule is Cl.Cl.O=C(Nc1ccc(-n2cncn2)nc1)[C@H]1CCCCN1. The van der Waals surface area contributed by atoms with Crippen molar-refractivity contribution in [2.24, 2.45) is 0 Å². The number of halogens is 2. The number of carbonyl (C=O) groups is 1. The van der Waals surface area contributed by atoms with Crippen molar-refractivity contribution in [2.75, 3.05) is 11.9 Å². The largest absolute Gasteiger partial charge is 0.323 e. The Kier molecular flexibility index (Phi) is 7.23. The molecule has 2 aromatic rings. The molecular weight excluding hydrogens is 327 g/mol. The molecule has 0 aromatic carbocycles. The lowest BCUT2D eigenvalue weighted by atomic mass is 10.0. The predicted molar refractivity (Wildman–Crippen MR) is 87.9 cm³/mol. The molecule has 22 heavy (non-hydrogen) atoms. The van der Waals surface area contributed by atoms with E-state index in [-0.39, 0.29) is 36.8 Å². The van der Waals surface area contributed by atoms with E-state index in [1.54, 1.807) is 23.3 Å². The zero-order valence-corrected chi connectivity index (χ0v) is 13.4. The summed E-state index contributed by atoms with van der Waals surface area (Å²) in [5.74, 6) is 0.663. The second-order valence-corrected chi connectivity index (χ2v) is 4.74. The number of rotatable bonds is 3. The van der Waals surface area contributed by atoms with Crippen LogP contribution in [0.1, 0.15) is 19.3 Å². The Morgan fingerprint density at radius 3 is 2.77 bits per heavy atom. The fourth-order valence-corrected chi connectivity index (χ4v) is 2.23. The van der Waals surface area contributed by atoms with Gasteiger partial charge in [0.25, 0.3) is 0 Å². The molecule has 0 bridgehead atoms. The van der Waals surface area contributed by atoms with Crippen molar-refractivity contribution < 1.29 is 4.79 Å². The fourth-order valence-electron chi connectivity index (χ4n) is 2.23. The van der Waals surface area contributed by atoms with E-state index in [9.17, 15) is 4.79 Å². The van der Waals surface area contributed by atoms with Crippen molar-refractivity contribution >= 4 is 36.4 Å². The minimum atomic E-state index is -0.0984. The molecule has 1 atom stereocenters. The van der Waals surface area contributed by atoms with Crippen molar-refractivity contribution in [1.82, 2.24) is 25.1 Å². The highest BCUT2D eigenvalue weighted by Gasteiger charge is 2.20. The Bertz CT molecular complexity index is 569. The summed E-state index contributed by atoms with van der Waals surface area (Å²) < 4.78 is 1.56. The van der Waals surface area contributed by atoms with Crippen molar-refractivity contribution in [3.05, 3.63) is 31.0 Å². The quantitative estimate of drug-likeness (QED) is 0.882. The number of piperidine rings is 1. The van der Waals surface area contributed by atoms with Crippen LogP contribution in [-0.4, -0.2) is 38.2 Å². The molecule has 9 heteroatoms. The van der Waals surface area contributed by atoms with Crippen LogP contribution in [0.25, 0.3) is 5.82 Å². The van der Waals surface area contributed by atoms with Crippen LogP contribution in [0.3, 0.4) is 0 Å². The molecule has 3 heterocycles. The molecule has 1 aliphatic rings. The minimum Gasteiger partial charge on any atom is -0.323 e. The summed E-state index contributed by atoms with van der Waals surface area (Å²) in [6.07, 6.45) is 7.76. The third-order valence-electron chi connectivity index (χ3n) is 3.30. The Labute approximate surface area is 140 Å². The number of nitrogens with one attached hydrogen (secondary N) is 2. The number of carbonyl (C=O) groups excluding carboxylic acids is 1. The highest BCUT2D eigenvalue weighted by Crippen LogP contribution is 2.12. The molecule has 2 N–H and O–H groups in total. The van der Waals surface area contributed by atoms with Gasteiger partial charge in [-0.25, -0.2) is 14.6 Å². The third-order valence-corrected chi connectivity index (χ3v) is 3.30. The lowest BCUT2D eigenvalue weighted by Gasteiger charge is -2.22. The van der Waals surface area contributed by atoms with Crippen molar-refractivity contribution in [3.8, 4) is 5.82 Å². The first-order valence-electron chi connectivity index (χ1n) is 6.68. The minimum absolute atomic E-state index is 0. The highest BCUT2D eigenvalue weighted by molar-refractivity contribution is 5.94. The Morgan fingerprint density at radius 1 is 1.32 bits per heavy atom. The average Bonchev–Trinajstić information content (AvgIpc) is 3.03. The topological polar surface area (TPSA) is 84.7 Å². The zero-order chi connectivity index (χ0) is 13.8. The van der Waals surface area contributed by atoms with Gasteiger partial charge in [-0.3, -0.25) is 4.79 Å². The number of hydrogen-bond donors (Lipinski definition) is 2. The smallest absolute Gasteiger partial charge is 0.241 e. The summed E-state index contributed by atoms with van der Waals surface area (Å²) in [7, 11) is 0. The number of hydrogen-bond acceptors (Lipinski definition) is 5. The number of aromatic nitrogens is 4. The summed E-state index contributed by atoms with van der Waals surface area (Å²) in [5.41, 5.74) is 0.686. The third kappa shape index (κ3) is 4.40. The zero-order valence-electron chi connectivity index (χ0n) is 11.8. The van der Waals surface area contributed by atoms with E-state index in [0.717, 1.165) is 25.8 Å². The van der Waals surface area contributed by atoms with E-state index in [1.165, 1.54) is 6.33 Å². The van der Waals surface area contributed by atoms with E-state index < -0.39 is 0 Å². The van der Waals surface area contributed by atoms with E-state index >= 15 is 0 Å². The van der Waals surface area contributed by atoms with Gasteiger partial charge in [-0.15, -0.1) is 24.8 Å². The first-order chi connectivity index (χ1) is 9.83. The van der Waals surface area contributed by atoms with Crippen LogP contribution in [0.2, 0.25) is 0 Å². The fraction of sp³-hybridized carbons (Fsp3) is 0.385. The van der Waals surface area contributed by atoms with Crippen LogP contribution in [-0.2, 0) is 4.79 Å². The van der Waals surface area contributed by atoms with Crippen molar-refractivity contribution in [2.45, 2.75) is 25.3 Å². The summed E-state index contributed by atoms with van der Waals surface area (Å²) in [4.78, 5) is 20.2. The summed E-state index contributed by atoms with van der Waals surface area (Å²) in [6, 6.07) is 3.50. The van der Waals surface area contributed by atoms with E-state index in [4.69, 9.17) is 0 Å². The Morgan fingerprint density at radius 2 is 2.18 bits per heavy atom. The van der Waals surface area contributed by atoms with Crippen molar-refractivity contribution in [3.63, 3.8) is 0 Å². The van der Waals surface area contributed by atoms with Gasteiger partial charge in [0.15, 0.2) is 5.82 Å². The normalized spacial score (nSPS) is 17.0. The van der Waals surface area contributed by atoms with Gasteiger partial charge in [0.1, 0.15) is 12.7 Å². The molecule has 1 fully saturated rings. The van der Waals surface area contributed by atoms with E-state index in [0.29, 0.717) is 11.5 Å². The van der Waals surface area contributed by atoms with Crippen LogP contribution in [0.4, 0.5) is 5.69 Å². The van der Waals surface area contributed by atoms with Gasteiger partial charge in [0.05, 0.1) is 17.9 Å². The predicted octanol–water partition coefficient (Wildman–Crippen LogP) is 1.59. The summed E-state index contributed by atoms with van der Waals surface area (Å²) in [5, 5.41) is 10.1. The van der Waals surface area contributed by atoms with Gasteiger partial charge in [-0.1, -0.05) is 6.42 Å². The number of amides is 1. The number of anilines is 1. The number of pyridine rings is 1. The van der Waals surface area contributed by atoms with Gasteiger partial charge in [0, 0.05) is 0 Å². The van der Waals surface area contributed by atoms with Gasteiger partial charge in [-0.05, 0) is 31.5 Å². The van der Waals surface area contributed by atoms with Gasteiger partial charge >= 0.3 is 0 Å². The second kappa shape index (κ2) is 8.67. The van der Waals surface area contributed by atoms with Crippen molar-refractivity contribution in [1.29, 1.82) is 0 Å². The molecule has 1 aliphatic heterocycles. The molecule has 2 aromatic heterocycles. The Balaban J connectivity index is 0.00000121. The molecule has 0 unspecified atom stereocenters. The van der Waals surface area contributed by atoms with E-state index in [1.807, 2.05) is 6.07 Å². The maximum atomic E-state index is 12.1. The average molecular weight is 345 g/mol. The maximum absolute atomic E-state index is 12.1. The lowest BCUT2D eigenvalue weighted by Crippen LogP contribution is -2.43. The molecule has 120 valence electrons. The monoisotopic (exact) mass is 344 g/mol. The molecule has 0 saturated carbocycles. The molecule has 7 nitrogen and oxygen atoms in total. The summed E-state index contributed by atoms with van der Waals surface area (Å²) >= 11 is 0. The summed E-state index contributed by atoms with van der Waals surface area (Å²) in [6.45, 7) is 0.904. The van der Waals surface area contributed by atoms with Gasteiger partial charge in [0.2, 0.25) is 5.91 Å². The lowest BCUT2D eigenvalue weighted by molar-refractivity contribution is -0.118. The van der Waals surface area contributed by atoms with Crippen LogP contribution < -0.4 is 10.6 Å². The maximum Gasteiger partial charge on any atom is 0.241 e. The molecule has 1 saturated heterocycles. The molecule has 0 aliphatic carbocycles. The first-order valence-corrected chi connectivity index (χ1v) is 6.68. The van der Waals surface area contributed by atoms with Gasteiger partial charge < -0.3 is 10.6 Å². The van der Waals surface area contributed by atoms with Crippen LogP contribution >= 0.6 is 24.8 Å². The molecule has 1 amide bonds. The first kappa shape index (κ1) is 18.3. The van der Waals surface area contributed by atoms with Crippen LogP contribution in [0, 0.1) is 0 Å². The molecular formula is C13H18Cl2N6O. The molecule has 3 rings (SSSR count). The molecule has 0 spiro atoms. The van der Waals surface area contributed by atoms with Crippen LogP contribution in [0.5, 0.6) is 0 Å². The number of nitrogens with zero attached hydrogens (tertiary/aromatic N) is 4. The van der Waals surface area contributed by atoms with Crippen LogP contribution in [0.15, 0.2) is 31.0 Å². The molecule has 0 radical (unpaired) electrons. The van der Waals surface area contributed by atoms with E-state index in [2.05, 4.69) is 25.7 Å². The highest BCUT2D eigenvalue weighted by atomic mass is 35.5. The Hall–Kier alpha value is -1.70. The van der Waals surface area contributed by atoms with Gasteiger partial charge in [-0.2, -0.15) is 5.10 Å². The standard InChI is InChI=1S/C13H16N6O.2ClH/c20-13(11-3-1-2-6-15-11)18-10-4-5-12(16-7-10)19-9-14-8-17-19;;/h4-5,7-9,11,15H,1-3,6H2,(H,18,20);2*1H/t11-;;/m1../s1.